The molecule has 0 aliphatic carbocycles. The first-order valence-corrected chi connectivity index (χ1v) is 8.20. The second-order valence-corrected chi connectivity index (χ2v) is 6.49. The molecule has 1 aliphatic rings. The third-order valence-corrected chi connectivity index (χ3v) is 4.49. The van der Waals surface area contributed by atoms with Crippen molar-refractivity contribution in [3.05, 3.63) is 71.3 Å². The molecular formula is C20H25ClN2O. The largest absolute Gasteiger partial charge is 0.340 e. The molecule has 1 atom stereocenters. The zero-order valence-corrected chi connectivity index (χ0v) is 15.1. The second kappa shape index (κ2) is 8.32. The lowest BCUT2D eigenvalue weighted by Gasteiger charge is -2.26. The van der Waals surface area contributed by atoms with E-state index in [1.165, 1.54) is 16.7 Å². The number of carbonyl (C=O) groups is 1. The normalized spacial score (nSPS) is 17.0. The molecular weight excluding hydrogens is 320 g/mol. The Morgan fingerprint density at radius 3 is 2.46 bits per heavy atom. The van der Waals surface area contributed by atoms with Crippen molar-refractivity contribution >= 4 is 18.3 Å². The van der Waals surface area contributed by atoms with Crippen LogP contribution in [0.3, 0.4) is 0 Å². The van der Waals surface area contributed by atoms with E-state index in [-0.39, 0.29) is 24.2 Å². The predicted octanol–water partition coefficient (Wildman–Crippen LogP) is 3.19. The maximum atomic E-state index is 12.6. The van der Waals surface area contributed by atoms with E-state index >= 15 is 0 Å². The van der Waals surface area contributed by atoms with Gasteiger partial charge in [0.2, 0.25) is 5.91 Å². The van der Waals surface area contributed by atoms with Gasteiger partial charge in [-0.2, -0.15) is 0 Å². The van der Waals surface area contributed by atoms with E-state index in [1.54, 1.807) is 0 Å². The Labute approximate surface area is 150 Å². The average molecular weight is 345 g/mol. The molecule has 0 aromatic heterocycles. The Balaban J connectivity index is 0.00000208. The summed E-state index contributed by atoms with van der Waals surface area (Å²) in [5.74, 6) is 0.463. The van der Waals surface area contributed by atoms with Gasteiger partial charge in [-0.3, -0.25) is 4.79 Å². The summed E-state index contributed by atoms with van der Waals surface area (Å²) in [4.78, 5) is 16.5. The van der Waals surface area contributed by atoms with E-state index in [9.17, 15) is 4.79 Å². The van der Waals surface area contributed by atoms with Crippen LogP contribution in [0.25, 0.3) is 0 Å². The first-order chi connectivity index (χ1) is 11.1. The summed E-state index contributed by atoms with van der Waals surface area (Å²) in [7, 11) is 3.89. The zero-order valence-electron chi connectivity index (χ0n) is 14.3. The van der Waals surface area contributed by atoms with Gasteiger partial charge in [-0.15, -0.1) is 12.4 Å². The minimum Gasteiger partial charge on any atom is -0.340 e. The number of nitrogens with zero attached hydrogens (tertiary/aromatic N) is 2. The molecule has 1 amide bonds. The minimum absolute atomic E-state index is 0. The standard InChI is InChI=1S/C20H24N2O.ClH/c1-21(2)15-20(23)22-13-12-17-10-6-7-11-18(17)19(14-22)16-8-4-3-5-9-16;/h3-11,19H,12-15H2,1-2H3;1H. The Bertz CT molecular complexity index is 672. The molecule has 2 aromatic rings. The molecule has 0 saturated carbocycles. The van der Waals surface area contributed by atoms with Crippen LogP contribution in [-0.2, 0) is 11.2 Å². The van der Waals surface area contributed by atoms with E-state index in [1.807, 2.05) is 30.0 Å². The Kier molecular flexibility index (Phi) is 6.41. The van der Waals surface area contributed by atoms with Crippen LogP contribution >= 0.6 is 12.4 Å². The van der Waals surface area contributed by atoms with Crippen molar-refractivity contribution in [3.63, 3.8) is 0 Å². The van der Waals surface area contributed by atoms with Crippen LogP contribution < -0.4 is 0 Å². The molecule has 3 nitrogen and oxygen atoms in total. The van der Waals surface area contributed by atoms with Crippen molar-refractivity contribution < 1.29 is 4.79 Å². The van der Waals surface area contributed by atoms with Crippen LogP contribution in [0.15, 0.2) is 54.6 Å². The number of fused-ring (bicyclic) bond motifs is 1. The van der Waals surface area contributed by atoms with E-state index in [0.29, 0.717) is 6.54 Å². The fourth-order valence-corrected chi connectivity index (χ4v) is 3.33. The molecule has 0 saturated heterocycles. The molecule has 1 unspecified atom stereocenters. The number of halogens is 1. The van der Waals surface area contributed by atoms with Gasteiger partial charge in [0.1, 0.15) is 0 Å². The topological polar surface area (TPSA) is 23.6 Å². The summed E-state index contributed by atoms with van der Waals surface area (Å²) < 4.78 is 0. The van der Waals surface area contributed by atoms with Crippen molar-refractivity contribution in [1.29, 1.82) is 0 Å². The van der Waals surface area contributed by atoms with Gasteiger partial charge in [-0.25, -0.2) is 0 Å². The van der Waals surface area contributed by atoms with Crippen LogP contribution in [0.5, 0.6) is 0 Å². The number of rotatable bonds is 3. The van der Waals surface area contributed by atoms with Gasteiger partial charge >= 0.3 is 0 Å². The molecule has 24 heavy (non-hydrogen) atoms. The lowest BCUT2D eigenvalue weighted by Crippen LogP contribution is -2.40. The molecule has 0 N–H and O–H groups in total. The summed E-state index contributed by atoms with van der Waals surface area (Å²) in [6, 6.07) is 19.1. The third kappa shape index (κ3) is 4.16. The molecule has 128 valence electrons. The molecule has 2 aromatic carbocycles. The second-order valence-electron chi connectivity index (χ2n) is 6.49. The summed E-state index contributed by atoms with van der Waals surface area (Å²) >= 11 is 0. The van der Waals surface area contributed by atoms with E-state index in [0.717, 1.165) is 19.5 Å². The molecule has 0 fully saturated rings. The van der Waals surface area contributed by atoms with Crippen LogP contribution in [0.2, 0.25) is 0 Å². The molecule has 1 heterocycles. The number of likely N-dealkylation sites (N-methyl/N-ethyl adjacent to an activating group) is 1. The summed E-state index contributed by atoms with van der Waals surface area (Å²) in [5, 5.41) is 0. The average Bonchev–Trinajstić information content (AvgIpc) is 2.75. The van der Waals surface area contributed by atoms with E-state index in [2.05, 4.69) is 48.5 Å². The van der Waals surface area contributed by atoms with Gasteiger partial charge in [0.25, 0.3) is 0 Å². The quantitative estimate of drug-likeness (QED) is 0.853. The van der Waals surface area contributed by atoms with Gasteiger partial charge in [0.05, 0.1) is 6.54 Å². The highest BCUT2D eigenvalue weighted by atomic mass is 35.5. The summed E-state index contributed by atoms with van der Waals surface area (Å²) in [6.07, 6.45) is 0.929. The molecule has 1 aliphatic heterocycles. The van der Waals surface area contributed by atoms with Crippen LogP contribution in [0.4, 0.5) is 0 Å². The number of hydrogen-bond donors (Lipinski definition) is 0. The van der Waals surface area contributed by atoms with Gasteiger partial charge in [-0.05, 0) is 37.2 Å². The lowest BCUT2D eigenvalue weighted by molar-refractivity contribution is -0.131. The Morgan fingerprint density at radius 2 is 1.75 bits per heavy atom. The van der Waals surface area contributed by atoms with E-state index < -0.39 is 0 Å². The maximum Gasteiger partial charge on any atom is 0.236 e. The molecule has 0 bridgehead atoms. The predicted molar refractivity (Wildman–Crippen MR) is 101 cm³/mol. The molecule has 3 rings (SSSR count). The van der Waals surface area contributed by atoms with Gasteiger partial charge < -0.3 is 9.80 Å². The highest BCUT2D eigenvalue weighted by Crippen LogP contribution is 2.31. The SMILES string of the molecule is CN(C)CC(=O)N1CCc2ccccc2C(c2ccccc2)C1.Cl. The van der Waals surface area contributed by atoms with E-state index in [4.69, 9.17) is 0 Å². The van der Waals surface area contributed by atoms with Crippen LogP contribution in [0.1, 0.15) is 22.6 Å². The van der Waals surface area contributed by atoms with Crippen molar-refractivity contribution in [3.8, 4) is 0 Å². The monoisotopic (exact) mass is 344 g/mol. The van der Waals surface area contributed by atoms with Gasteiger partial charge in [0.15, 0.2) is 0 Å². The first kappa shape index (κ1) is 18.5. The van der Waals surface area contributed by atoms with Crippen molar-refractivity contribution in [2.45, 2.75) is 12.3 Å². The molecule has 4 heteroatoms. The zero-order chi connectivity index (χ0) is 16.2. The highest BCUT2D eigenvalue weighted by Gasteiger charge is 2.26. The Hall–Kier alpha value is -1.84. The highest BCUT2D eigenvalue weighted by molar-refractivity contribution is 5.85. The summed E-state index contributed by atoms with van der Waals surface area (Å²) in [5.41, 5.74) is 4.00. The fraction of sp³-hybridized carbons (Fsp3) is 0.350. The Morgan fingerprint density at radius 1 is 1.08 bits per heavy atom. The van der Waals surface area contributed by atoms with Crippen molar-refractivity contribution in [2.75, 3.05) is 33.7 Å². The van der Waals surface area contributed by atoms with Crippen LogP contribution in [0, 0.1) is 0 Å². The first-order valence-electron chi connectivity index (χ1n) is 8.20. The van der Waals surface area contributed by atoms with Crippen molar-refractivity contribution in [2.24, 2.45) is 0 Å². The van der Waals surface area contributed by atoms with Crippen LogP contribution in [-0.4, -0.2) is 49.4 Å². The maximum absolute atomic E-state index is 12.6. The van der Waals surface area contributed by atoms with Crippen molar-refractivity contribution in [1.82, 2.24) is 9.80 Å². The fourth-order valence-electron chi connectivity index (χ4n) is 3.33. The number of benzene rings is 2. The van der Waals surface area contributed by atoms with Gasteiger partial charge in [0, 0.05) is 19.0 Å². The third-order valence-electron chi connectivity index (χ3n) is 4.49. The number of amides is 1. The van der Waals surface area contributed by atoms with Gasteiger partial charge in [-0.1, -0.05) is 54.6 Å². The minimum atomic E-state index is 0. The lowest BCUT2D eigenvalue weighted by atomic mass is 9.88. The molecule has 0 spiro atoms. The molecule has 0 radical (unpaired) electrons. The smallest absolute Gasteiger partial charge is 0.236 e. The number of carbonyl (C=O) groups excluding carboxylic acids is 1. The number of hydrogen-bond acceptors (Lipinski definition) is 2. The summed E-state index contributed by atoms with van der Waals surface area (Å²) in [6.45, 7) is 2.03.